The van der Waals surface area contributed by atoms with Crippen molar-refractivity contribution in [3.8, 4) is 58.3 Å². The fourth-order valence-electron chi connectivity index (χ4n) is 14.7. The van der Waals surface area contributed by atoms with Gasteiger partial charge in [-0.25, -0.2) is 26.3 Å². The Bertz CT molecular complexity index is 5130. The van der Waals surface area contributed by atoms with Crippen LogP contribution in [-0.2, 0) is 79.3 Å². The normalized spacial score (nSPS) is 13.0. The number of rotatable bonds is 33. The Morgan fingerprint density at radius 3 is 1.10 bits per heavy atom. The van der Waals surface area contributed by atoms with Crippen molar-refractivity contribution in [3.05, 3.63) is 180 Å². The van der Waals surface area contributed by atoms with Crippen molar-refractivity contribution < 1.29 is 174 Å². The molecule has 0 aliphatic carbocycles. The number of alkyl halides is 13. The smallest absolute Gasteiger partial charge is 0 e. The Morgan fingerprint density at radius 2 is 0.816 bits per heavy atom. The summed E-state index contributed by atoms with van der Waals surface area (Å²) < 4.78 is 263. The molecule has 0 spiro atoms. The molecule has 788 valence electrons. The summed E-state index contributed by atoms with van der Waals surface area (Å²) in [6, 6.07) is 20.9. The van der Waals surface area contributed by atoms with E-state index in [0.717, 1.165) is 59.9 Å². The zero-order chi connectivity index (χ0) is 108. The van der Waals surface area contributed by atoms with Gasteiger partial charge in [0, 0.05) is 104 Å². The molecule has 1 amide bonds. The van der Waals surface area contributed by atoms with Gasteiger partial charge in [-0.15, -0.1) is 29.4 Å². The third kappa shape index (κ3) is 48.7. The van der Waals surface area contributed by atoms with Gasteiger partial charge in [0.05, 0.1) is 71.2 Å². The number of halogens is 25. The van der Waals surface area contributed by atoms with Crippen LogP contribution in [0.25, 0.3) is 10.9 Å². The van der Waals surface area contributed by atoms with Crippen LogP contribution in [0.2, 0.25) is 49.3 Å². The zero-order valence-corrected chi connectivity index (χ0v) is 101. The Kier molecular flexibility index (Phi) is 61.8. The van der Waals surface area contributed by atoms with Crippen molar-refractivity contribution in [1.29, 1.82) is 0 Å². The number of carbonyl (C=O) groups is 2. The summed E-state index contributed by atoms with van der Waals surface area (Å²) in [5, 5.41) is 35.1. The molecule has 0 fully saturated rings. The quantitative estimate of drug-likeness (QED) is 0.00674. The third-order valence-electron chi connectivity index (χ3n) is 21.5. The van der Waals surface area contributed by atoms with Gasteiger partial charge in [-0.05, 0) is 187 Å². The molecule has 41 heteroatoms. The number of hydrogen-bond donors (Lipinski definition) is 5. The molecule has 0 bridgehead atoms. The number of benzene rings is 6. The number of amides is 1. The number of quaternary nitrogens is 1. The van der Waals surface area contributed by atoms with Crippen molar-refractivity contribution in [2.45, 2.75) is 289 Å². The minimum Gasteiger partial charge on any atom is -1.00 e. The van der Waals surface area contributed by atoms with Gasteiger partial charge in [-0.3, -0.25) is 9.59 Å². The summed E-state index contributed by atoms with van der Waals surface area (Å²) in [7, 11) is 12.4. The summed E-state index contributed by atoms with van der Waals surface area (Å²) in [6.07, 6.45) is -9.04. The van der Waals surface area contributed by atoms with Gasteiger partial charge in [0.15, 0.2) is 16.8 Å². The number of H-pyrrole nitrogens is 1. The van der Waals surface area contributed by atoms with Crippen LogP contribution in [0.1, 0.15) is 208 Å². The van der Waals surface area contributed by atoms with E-state index in [0.29, 0.717) is 8.59 Å². The second kappa shape index (κ2) is 62.3. The first-order chi connectivity index (χ1) is 63.6. The van der Waals surface area contributed by atoms with Gasteiger partial charge < -0.3 is 53.8 Å². The van der Waals surface area contributed by atoms with Gasteiger partial charge in [-0.2, -0.15) is 52.7 Å². The molecule has 5 N–H and O–H groups in total. The van der Waals surface area contributed by atoms with Gasteiger partial charge in [-0.1, -0.05) is 193 Å². The molecule has 0 saturated heterocycles. The molecule has 1 heterocycles. The van der Waals surface area contributed by atoms with Crippen molar-refractivity contribution in [1.82, 2.24) is 4.98 Å². The van der Waals surface area contributed by atoms with Crippen LogP contribution in [0.3, 0.4) is 0 Å². The Balaban J connectivity index is -0.00000161. The van der Waals surface area contributed by atoms with Gasteiger partial charge in [0.1, 0.15) is 74.0 Å². The SMILES string of the molecule is C#CCC(O)(CC(C)(C)c1cc(F)ccc1OC)C(F)(F)F.CC(=O)Nc1c(F)cc(Cl)cc1I.CCCC[N+](CCCC)(CCCC)CCCC.COc1ccc(F)cc1C(C)(C)CC(=O)C(F)(F)F.COc1ccc(F)cc1C(C)(C)CC(O)(CC#C[Si](C)(C)C)C(F)(F)F.COc1ccc(F)cc1C(C)(C)CC(O)(Cc1cc2cc(Cl)cc(F)c2[nH]1)C(F)(F)F.C[Si](C)(C)C#CCBr.[Cl][Hg][Cl].[F-].[Zn]. The molecule has 141 heavy (non-hydrogen) atoms. The molecule has 0 aliphatic rings. The summed E-state index contributed by atoms with van der Waals surface area (Å²) in [5.41, 5.74) is -7.01. The topological polar surface area (TPSA) is 160 Å². The standard InChI is InChI=1S/C22H21ClF5NO2.C19H26F4O2Si.C16H18F4O2.C16H36N.C13H14F4O2.C8H6ClFINO.C6H11BrSi.2ClH.FH.Hg.Zn/c1-20(2,16-9-14(24)4-5-18(16)31-3)11-21(30,22(26,27)28)10-15-7-12-6-13(23)8-17(25)19(12)29-15;1-17(2,15-12-14(20)8-9-16(15)25-3)13-18(24,19(21,22)23)10-7-11-26(4,5)6;1-5-8-15(21,16(18,19)20)10-14(2,3)12-9-11(17)6-7-13(12)22-4;1-5-9-13-17(14-10-6-2,15-11-7-3)16-12-8-4;1-12(2,7-11(18)13(15,16)17)9-6-8(14)4-5-10(9)19-3;1-4(13)12-8-6(10)2-5(9)3-7(8)11;1-8(2,3)6-4-5-7;;;;;/h4-9,29-30H,10-11H2,1-3H3;8-9,12,24H,10,13H2,1-6H3;1,6-7,9,21H,8,10H2,2-4H3;5-16H2,1-4H3;4-6H,7H2,1-3H3;2-3H,1H3,(H,12,13);5H2,1-3H3;3*1H;;/q;;;+1;;;;;;;+2;/p-3. The molecular weight excluding hydrogens is 2420 g/mol. The molecule has 7 aromatic rings. The predicted molar refractivity (Wildman–Crippen MR) is 537 cm³/mol. The number of ether oxygens (including phenoxy) is 4. The van der Waals surface area contributed by atoms with Crippen LogP contribution in [0.4, 0.5) is 84.7 Å². The van der Waals surface area contributed by atoms with E-state index in [9.17, 15) is 104 Å². The number of carbonyl (C=O) groups excluding carboxylic acids is 2. The summed E-state index contributed by atoms with van der Waals surface area (Å²) in [6.45, 7) is 40.6. The first-order valence-electron chi connectivity index (χ1n) is 44.3. The van der Waals surface area contributed by atoms with E-state index in [1.54, 1.807) is 6.07 Å². The fraction of sp³-hybridized carbons (Fsp3) is 0.540. The zero-order valence-electron chi connectivity index (χ0n) is 84.1. The molecule has 7 rings (SSSR count). The number of nitrogens with one attached hydrogen (secondary N) is 2. The number of aromatic nitrogens is 1. The molecule has 0 aliphatic heterocycles. The molecular formula is C100H132BrCl4F19HgIN3O9Si2Zn. The van der Waals surface area contributed by atoms with Crippen LogP contribution in [0, 0.1) is 73.7 Å². The second-order valence-electron chi connectivity index (χ2n) is 37.9. The van der Waals surface area contributed by atoms with Crippen molar-refractivity contribution in [2.24, 2.45) is 0 Å². The maximum atomic E-state index is 14.1. The number of hydrogen-bond acceptors (Lipinski definition) is 9. The first kappa shape index (κ1) is 140. The minimum atomic E-state index is -5.02. The molecule has 6 aromatic carbocycles. The number of ketones is 1. The maximum Gasteiger partial charge on any atom is 0 e. The van der Waals surface area contributed by atoms with E-state index in [-0.39, 0.29) is 103 Å². The van der Waals surface area contributed by atoms with Crippen molar-refractivity contribution in [3.63, 3.8) is 0 Å². The third-order valence-corrected chi connectivity index (χ3v) is 24.9. The number of Topliss-reactive ketones (excluding diaryl/α,β-unsaturated/α-hetero) is 1. The summed E-state index contributed by atoms with van der Waals surface area (Å²) >= 11 is 15.4. The number of anilines is 1. The summed E-state index contributed by atoms with van der Waals surface area (Å²) in [5.74, 6) is 2.57. The average Bonchev–Trinajstić information content (AvgIpc) is 1.75. The van der Waals surface area contributed by atoms with Crippen LogP contribution in [0.15, 0.2) is 103 Å². The Hall–Kier alpha value is -5.25. The largest absolute Gasteiger partial charge is 1.00 e. The fourth-order valence-corrected chi connectivity index (χ4v) is 17.7. The van der Waals surface area contributed by atoms with Gasteiger partial charge in [0.2, 0.25) is 11.7 Å². The van der Waals surface area contributed by atoms with Crippen LogP contribution < -0.4 is 29.0 Å². The Morgan fingerprint density at radius 1 is 0.504 bits per heavy atom. The second-order valence-corrected chi connectivity index (χ2v) is 57.9. The Labute approximate surface area is 885 Å². The van der Waals surface area contributed by atoms with E-state index < -0.39 is 187 Å². The number of terminal acetylenes is 1. The number of methoxy groups -OCH3 is 4. The number of nitrogens with zero attached hydrogens (tertiary/aromatic N) is 1. The molecule has 1 aromatic heterocycles. The van der Waals surface area contributed by atoms with Crippen LogP contribution >= 0.6 is 78.2 Å². The van der Waals surface area contributed by atoms with E-state index in [1.807, 2.05) is 48.2 Å². The van der Waals surface area contributed by atoms with Gasteiger partial charge in [0.25, 0.3) is 0 Å². The average molecular weight is 2550 g/mol. The number of unbranched alkanes of at least 4 members (excludes halogenated alkanes) is 4. The summed E-state index contributed by atoms with van der Waals surface area (Å²) in [4.78, 5) is 24.4. The van der Waals surface area contributed by atoms with Gasteiger partial charge >= 0.3 is 63.3 Å². The number of aliphatic hydroxyl groups is 3. The van der Waals surface area contributed by atoms with Crippen LogP contribution in [-0.4, -0.2) is 154 Å². The van der Waals surface area contributed by atoms with Crippen molar-refractivity contribution >= 4 is 123 Å². The van der Waals surface area contributed by atoms with E-state index in [4.69, 9.17) is 65.1 Å². The number of fused-ring (bicyclic) bond motifs is 1. The predicted octanol–water partition coefficient (Wildman–Crippen LogP) is 27.5. The monoisotopic (exact) mass is 2550 g/mol. The maximum absolute atomic E-state index is 14.1. The van der Waals surface area contributed by atoms with Crippen molar-refractivity contribution in [2.75, 3.05) is 65.3 Å². The minimum absolute atomic E-state index is 0. The van der Waals surface area contributed by atoms with E-state index in [1.165, 1.54) is 215 Å². The molecule has 3 unspecified atom stereocenters. The molecule has 12 nitrogen and oxygen atoms in total. The molecule has 0 radical (unpaired) electrons. The van der Waals surface area contributed by atoms with Crippen LogP contribution in [0.5, 0.6) is 23.0 Å². The first-order valence-corrected chi connectivity index (χ1v) is 67.8. The van der Waals surface area contributed by atoms with E-state index in [2.05, 4.69) is 96.5 Å². The van der Waals surface area contributed by atoms with E-state index >= 15 is 0 Å². The molecule has 3 atom stereocenters. The number of aromatic amines is 1. The molecule has 0 saturated carbocycles.